The zero-order chi connectivity index (χ0) is 15.5. The number of sulfonamides is 1. The van der Waals surface area contributed by atoms with E-state index in [2.05, 4.69) is 20.7 Å². The van der Waals surface area contributed by atoms with Crippen LogP contribution in [0.3, 0.4) is 0 Å². The number of halogens is 1. The molecule has 0 spiro atoms. The Morgan fingerprint density at radius 1 is 1.43 bits per heavy atom. The van der Waals surface area contributed by atoms with Crippen LogP contribution in [0.4, 0.5) is 0 Å². The lowest BCUT2D eigenvalue weighted by molar-refractivity contribution is 0.0287. The summed E-state index contributed by atoms with van der Waals surface area (Å²) < 4.78 is 33.4. The molecule has 0 atom stereocenters. The average molecular weight is 397 g/mol. The zero-order valence-corrected chi connectivity index (χ0v) is 15.2. The molecule has 1 heterocycles. The molecule has 3 N–H and O–H groups in total. The Morgan fingerprint density at radius 2 is 2.10 bits per heavy atom. The fourth-order valence-corrected chi connectivity index (χ4v) is 5.86. The molecule has 0 unspecified atom stereocenters. The largest absolute Gasteiger partial charge is 0.377 e. The summed E-state index contributed by atoms with van der Waals surface area (Å²) >= 11 is 4.72. The van der Waals surface area contributed by atoms with Crippen molar-refractivity contribution in [2.45, 2.75) is 49.6 Å². The number of hydrogen-bond donors (Lipinski definition) is 2. The van der Waals surface area contributed by atoms with Crippen LogP contribution in [-0.4, -0.2) is 33.7 Å². The molecule has 8 heteroatoms. The third kappa shape index (κ3) is 5.01. The van der Waals surface area contributed by atoms with Gasteiger partial charge in [-0.05, 0) is 54.6 Å². The lowest BCUT2D eigenvalue weighted by Gasteiger charge is -2.26. The van der Waals surface area contributed by atoms with Crippen LogP contribution in [0, 0.1) is 6.92 Å². The van der Waals surface area contributed by atoms with Crippen LogP contribution in [0.1, 0.15) is 30.6 Å². The van der Waals surface area contributed by atoms with Gasteiger partial charge < -0.3 is 10.5 Å². The van der Waals surface area contributed by atoms with E-state index in [-0.39, 0.29) is 12.6 Å². The maximum atomic E-state index is 12.2. The number of rotatable bonds is 6. The molecule has 2 rings (SSSR count). The summed E-state index contributed by atoms with van der Waals surface area (Å²) in [6.07, 6.45) is 4.11. The Kier molecular flexibility index (Phi) is 6.22. The van der Waals surface area contributed by atoms with Crippen molar-refractivity contribution < 1.29 is 13.2 Å². The molecule has 1 aromatic heterocycles. The van der Waals surface area contributed by atoms with E-state index in [0.717, 1.165) is 34.3 Å². The number of nitrogens with two attached hydrogens (primary N) is 1. The molecular weight excluding hydrogens is 376 g/mol. The van der Waals surface area contributed by atoms with Crippen LogP contribution in [0.2, 0.25) is 0 Å². The number of aryl methyl sites for hydroxylation is 1. The molecule has 1 saturated carbocycles. The molecule has 0 aliphatic heterocycles. The average Bonchev–Trinajstić information content (AvgIpc) is 2.77. The van der Waals surface area contributed by atoms with Crippen molar-refractivity contribution in [1.82, 2.24) is 4.72 Å². The van der Waals surface area contributed by atoms with Gasteiger partial charge in [0.1, 0.15) is 0 Å². The summed E-state index contributed by atoms with van der Waals surface area (Å²) in [7, 11) is -3.45. The van der Waals surface area contributed by atoms with Gasteiger partial charge in [0.2, 0.25) is 10.0 Å². The van der Waals surface area contributed by atoms with E-state index < -0.39 is 10.0 Å². The van der Waals surface area contributed by atoms with E-state index in [9.17, 15) is 8.42 Å². The molecule has 1 fully saturated rings. The quantitative estimate of drug-likeness (QED) is 0.723. The van der Waals surface area contributed by atoms with E-state index in [1.807, 2.05) is 0 Å². The Balaban J connectivity index is 1.76. The van der Waals surface area contributed by atoms with E-state index in [1.54, 1.807) is 13.0 Å². The zero-order valence-electron chi connectivity index (χ0n) is 12.0. The molecule has 0 radical (unpaired) electrons. The molecular formula is C13H21BrN2O3S2. The first-order chi connectivity index (χ1) is 9.88. The van der Waals surface area contributed by atoms with Crippen molar-refractivity contribution in [3.63, 3.8) is 0 Å². The van der Waals surface area contributed by atoms with Crippen LogP contribution in [0.25, 0.3) is 0 Å². The Bertz CT molecular complexity index is 566. The lowest BCUT2D eigenvalue weighted by Crippen LogP contribution is -2.33. The second kappa shape index (κ2) is 7.52. The van der Waals surface area contributed by atoms with E-state index in [0.29, 0.717) is 17.5 Å². The van der Waals surface area contributed by atoms with Gasteiger partial charge in [-0.3, -0.25) is 0 Å². The third-order valence-corrected chi connectivity index (χ3v) is 6.87. The molecule has 5 nitrogen and oxygen atoms in total. The van der Waals surface area contributed by atoms with Gasteiger partial charge in [-0.25, -0.2) is 13.1 Å². The topological polar surface area (TPSA) is 81.4 Å². The van der Waals surface area contributed by atoms with Crippen LogP contribution >= 0.6 is 27.3 Å². The fourth-order valence-electron chi connectivity index (χ4n) is 2.43. The van der Waals surface area contributed by atoms with E-state index in [1.165, 1.54) is 11.3 Å². The highest BCUT2D eigenvalue weighted by Crippen LogP contribution is 2.29. The second-order valence-corrected chi connectivity index (χ2v) is 9.65. The first-order valence-electron chi connectivity index (χ1n) is 7.01. The monoisotopic (exact) mass is 396 g/mol. The maximum Gasteiger partial charge on any atom is 0.241 e. The molecule has 0 amide bonds. The predicted molar refractivity (Wildman–Crippen MR) is 88.1 cm³/mol. The molecule has 0 aromatic carbocycles. The molecule has 21 heavy (non-hydrogen) atoms. The molecule has 0 bridgehead atoms. The summed E-state index contributed by atoms with van der Waals surface area (Å²) in [5, 5.41) is 0. The first-order valence-corrected chi connectivity index (χ1v) is 10.1. The van der Waals surface area contributed by atoms with Gasteiger partial charge in [0.25, 0.3) is 0 Å². The second-order valence-electron chi connectivity index (χ2n) is 5.28. The number of thiophene rings is 1. The van der Waals surface area contributed by atoms with Gasteiger partial charge in [0.05, 0.1) is 21.4 Å². The van der Waals surface area contributed by atoms with Crippen molar-refractivity contribution in [1.29, 1.82) is 0 Å². The molecule has 0 saturated heterocycles. The summed E-state index contributed by atoms with van der Waals surface area (Å²) in [6, 6.07) is 1.93. The lowest BCUT2D eigenvalue weighted by atomic mass is 9.94. The highest BCUT2D eigenvalue weighted by Gasteiger charge is 2.21. The number of hydrogen-bond acceptors (Lipinski definition) is 5. The maximum absolute atomic E-state index is 12.2. The van der Waals surface area contributed by atoms with Crippen molar-refractivity contribution >= 4 is 37.3 Å². The van der Waals surface area contributed by atoms with Crippen molar-refractivity contribution in [2.75, 3.05) is 13.2 Å². The normalized spacial score (nSPS) is 23.4. The van der Waals surface area contributed by atoms with Crippen molar-refractivity contribution in [3.8, 4) is 0 Å². The highest BCUT2D eigenvalue weighted by molar-refractivity contribution is 9.11. The Labute approximate surface area is 138 Å². The minimum absolute atomic E-state index is 0.214. The number of ether oxygens (including phenoxy) is 1. The van der Waals surface area contributed by atoms with Gasteiger partial charge >= 0.3 is 0 Å². The van der Waals surface area contributed by atoms with Crippen LogP contribution < -0.4 is 10.5 Å². The Morgan fingerprint density at radius 3 is 2.67 bits per heavy atom. The van der Waals surface area contributed by atoms with Gasteiger partial charge in [-0.15, -0.1) is 11.3 Å². The third-order valence-electron chi connectivity index (χ3n) is 3.60. The summed E-state index contributed by atoms with van der Waals surface area (Å²) in [5.74, 6) is 0. The van der Waals surface area contributed by atoms with Gasteiger partial charge in [0.15, 0.2) is 0 Å². The van der Waals surface area contributed by atoms with Gasteiger partial charge in [0, 0.05) is 17.5 Å². The van der Waals surface area contributed by atoms with Crippen molar-refractivity contribution in [2.24, 2.45) is 5.73 Å². The van der Waals surface area contributed by atoms with Crippen LogP contribution in [-0.2, 0) is 14.8 Å². The van der Waals surface area contributed by atoms with Gasteiger partial charge in [-0.2, -0.15) is 0 Å². The first kappa shape index (κ1) is 17.4. The summed E-state index contributed by atoms with van der Waals surface area (Å²) in [6.45, 7) is 2.48. The summed E-state index contributed by atoms with van der Waals surface area (Å²) in [5.41, 5.74) is 5.84. The predicted octanol–water partition coefficient (Wildman–Crippen LogP) is 2.38. The molecule has 120 valence electrons. The minimum Gasteiger partial charge on any atom is -0.377 e. The summed E-state index contributed by atoms with van der Waals surface area (Å²) in [4.78, 5) is 1.11. The van der Waals surface area contributed by atoms with Crippen molar-refractivity contribution in [3.05, 3.63) is 14.7 Å². The van der Waals surface area contributed by atoms with E-state index >= 15 is 0 Å². The Hall–Kier alpha value is 0.01000. The number of nitrogens with one attached hydrogen (secondary N) is 1. The fraction of sp³-hybridized carbons (Fsp3) is 0.692. The van der Waals surface area contributed by atoms with Crippen LogP contribution in [0.15, 0.2) is 14.7 Å². The minimum atomic E-state index is -3.45. The van der Waals surface area contributed by atoms with E-state index in [4.69, 9.17) is 10.5 Å². The standard InChI is InChI=1S/C13H21BrN2O3S2/c1-9-12(8-13(14)20-9)21(17,18)16-6-7-19-11-4-2-10(15)3-5-11/h8,10-11,16H,2-7,15H2,1H3. The van der Waals surface area contributed by atoms with Gasteiger partial charge in [-0.1, -0.05) is 0 Å². The van der Waals surface area contributed by atoms with Crippen LogP contribution in [0.5, 0.6) is 0 Å². The molecule has 1 aliphatic carbocycles. The molecule has 1 aromatic rings. The highest BCUT2D eigenvalue weighted by atomic mass is 79.9. The SMILES string of the molecule is Cc1sc(Br)cc1S(=O)(=O)NCCOC1CCC(N)CC1. The smallest absolute Gasteiger partial charge is 0.241 e. The molecule has 1 aliphatic rings.